The highest BCUT2D eigenvalue weighted by atomic mass is 35.5. The largest absolute Gasteiger partial charge is 0.398 e. The summed E-state index contributed by atoms with van der Waals surface area (Å²) < 4.78 is 0.995. The number of nitrogens with one attached hydrogen (secondary N) is 1. The van der Waals surface area contributed by atoms with Crippen LogP contribution in [0.25, 0.3) is 15.8 Å². The van der Waals surface area contributed by atoms with E-state index in [9.17, 15) is 4.79 Å². The lowest BCUT2D eigenvalue weighted by molar-refractivity contribution is -0.136. The van der Waals surface area contributed by atoms with Gasteiger partial charge >= 0.3 is 0 Å². The summed E-state index contributed by atoms with van der Waals surface area (Å²) >= 11 is 8.25. The maximum Gasteiger partial charge on any atom is 0.242 e. The van der Waals surface area contributed by atoms with Gasteiger partial charge in [-0.05, 0) is 50.5 Å². The van der Waals surface area contributed by atoms with Gasteiger partial charge in [0.25, 0.3) is 0 Å². The van der Waals surface area contributed by atoms with Crippen molar-refractivity contribution in [2.24, 2.45) is 11.5 Å². The second-order valence-electron chi connectivity index (χ2n) is 7.25. The number of hydrogen-bond donors (Lipinski definition) is 3. The van der Waals surface area contributed by atoms with Gasteiger partial charge in [-0.15, -0.1) is 11.3 Å². The number of thiophene rings is 1. The van der Waals surface area contributed by atoms with Crippen LogP contribution < -0.4 is 11.5 Å². The number of rotatable bonds is 3. The van der Waals surface area contributed by atoms with E-state index in [0.717, 1.165) is 38.2 Å². The highest BCUT2D eigenvalue weighted by Crippen LogP contribution is 2.43. The van der Waals surface area contributed by atoms with Gasteiger partial charge in [0, 0.05) is 40.8 Å². The number of hydrogen-bond acceptors (Lipinski definition) is 5. The summed E-state index contributed by atoms with van der Waals surface area (Å²) in [6.07, 6.45) is 3.52. The smallest absolute Gasteiger partial charge is 0.242 e. The molecule has 1 aliphatic heterocycles. The van der Waals surface area contributed by atoms with Gasteiger partial charge in [0.2, 0.25) is 5.91 Å². The molecule has 0 radical (unpaired) electrons. The number of carbonyl (C=O) groups is 1. The second-order valence-corrected chi connectivity index (χ2v) is 8.73. The lowest BCUT2D eigenvalue weighted by Crippen LogP contribution is -2.52. The van der Waals surface area contributed by atoms with Gasteiger partial charge in [-0.25, -0.2) is 0 Å². The van der Waals surface area contributed by atoms with E-state index in [0.29, 0.717) is 18.8 Å². The SMILES string of the molecule is Cc1cc(/C(N)=C/C=N)c2c3c(sc2c1Cl)CCN(C(=O)C(C)(C)N)C3. The average molecular weight is 391 g/mol. The number of carbonyl (C=O) groups excluding carboxylic acids is 1. The van der Waals surface area contributed by atoms with Crippen LogP contribution in [0.2, 0.25) is 5.02 Å². The Labute approximate surface area is 162 Å². The molecule has 0 bridgehead atoms. The van der Waals surface area contributed by atoms with Crippen molar-refractivity contribution >= 4 is 50.8 Å². The first kappa shape index (κ1) is 18.9. The fourth-order valence-corrected chi connectivity index (χ4v) is 4.93. The third kappa shape index (κ3) is 3.13. The lowest BCUT2D eigenvalue weighted by atomic mass is 9.96. The van der Waals surface area contributed by atoms with Crippen LogP contribution in [0.15, 0.2) is 12.1 Å². The normalized spacial score (nSPS) is 15.3. The van der Waals surface area contributed by atoms with Crippen molar-refractivity contribution < 1.29 is 4.79 Å². The Hall–Kier alpha value is -1.89. The molecule has 0 saturated carbocycles. The number of nitrogens with two attached hydrogens (primary N) is 2. The van der Waals surface area contributed by atoms with Crippen molar-refractivity contribution in [3.8, 4) is 0 Å². The molecule has 2 aromatic rings. The Morgan fingerprint density at radius 3 is 2.77 bits per heavy atom. The fourth-order valence-electron chi connectivity index (χ4n) is 3.35. The van der Waals surface area contributed by atoms with E-state index < -0.39 is 5.54 Å². The predicted molar refractivity (Wildman–Crippen MR) is 110 cm³/mol. The number of aryl methyl sites for hydroxylation is 1. The Morgan fingerprint density at radius 2 is 2.15 bits per heavy atom. The first-order chi connectivity index (χ1) is 12.1. The maximum absolute atomic E-state index is 12.6. The van der Waals surface area contributed by atoms with Gasteiger partial charge in [-0.3, -0.25) is 4.79 Å². The average Bonchev–Trinajstić information content (AvgIpc) is 2.95. The Kier molecular flexibility index (Phi) is 4.86. The van der Waals surface area contributed by atoms with Gasteiger partial charge in [-0.2, -0.15) is 0 Å². The van der Waals surface area contributed by atoms with E-state index in [4.69, 9.17) is 28.5 Å². The quantitative estimate of drug-likeness (QED) is 0.700. The standard InChI is InChI=1S/C19H23ClN4OS/c1-10-8-11(13(22)4-6-21)15-12-9-24(18(25)19(2,3)23)7-5-14(12)26-17(15)16(10)20/h4,6,8,21H,5,7,9,22-23H2,1-3H3/b13-4-,21-6?. The zero-order valence-corrected chi connectivity index (χ0v) is 16.7. The number of amides is 1. The summed E-state index contributed by atoms with van der Waals surface area (Å²) in [6, 6.07) is 1.96. The molecule has 2 heterocycles. The molecule has 7 heteroatoms. The van der Waals surface area contributed by atoms with Gasteiger partial charge in [0.1, 0.15) is 0 Å². The molecule has 0 spiro atoms. The topological polar surface area (TPSA) is 96.2 Å². The van der Waals surface area contributed by atoms with Crippen LogP contribution in [0.5, 0.6) is 0 Å². The van der Waals surface area contributed by atoms with Crippen molar-refractivity contribution in [1.29, 1.82) is 5.41 Å². The zero-order chi connectivity index (χ0) is 19.2. The van der Waals surface area contributed by atoms with Crippen molar-refractivity contribution in [2.75, 3.05) is 6.54 Å². The molecule has 0 aliphatic carbocycles. The molecule has 3 rings (SSSR count). The molecule has 5 N–H and O–H groups in total. The Bertz CT molecular complexity index is 939. The van der Waals surface area contributed by atoms with E-state index in [1.54, 1.807) is 31.3 Å². The second kappa shape index (κ2) is 6.68. The molecule has 1 aliphatic rings. The van der Waals surface area contributed by atoms with Gasteiger partial charge in [0.15, 0.2) is 0 Å². The molecule has 0 unspecified atom stereocenters. The highest BCUT2D eigenvalue weighted by Gasteiger charge is 2.32. The number of fused-ring (bicyclic) bond motifs is 3. The molecule has 0 fully saturated rings. The van der Waals surface area contributed by atoms with Crippen molar-refractivity contribution in [3.05, 3.63) is 38.7 Å². The number of allylic oxidation sites excluding steroid dienone is 1. The first-order valence-corrected chi connectivity index (χ1v) is 9.62. The van der Waals surface area contributed by atoms with Crippen LogP contribution in [0, 0.1) is 12.3 Å². The van der Waals surface area contributed by atoms with Crippen molar-refractivity contribution in [2.45, 2.75) is 39.3 Å². The van der Waals surface area contributed by atoms with Crippen molar-refractivity contribution in [1.82, 2.24) is 4.90 Å². The van der Waals surface area contributed by atoms with Gasteiger partial charge in [-0.1, -0.05) is 11.6 Å². The van der Waals surface area contributed by atoms with Crippen LogP contribution in [-0.2, 0) is 17.8 Å². The van der Waals surface area contributed by atoms with E-state index in [1.165, 1.54) is 11.1 Å². The third-order valence-corrected chi connectivity index (χ3v) is 6.54. The van der Waals surface area contributed by atoms with Crippen LogP contribution in [0.4, 0.5) is 0 Å². The van der Waals surface area contributed by atoms with Gasteiger partial charge < -0.3 is 21.8 Å². The molecule has 0 atom stereocenters. The van der Waals surface area contributed by atoms with Gasteiger partial charge in [0.05, 0.1) is 15.3 Å². The summed E-state index contributed by atoms with van der Waals surface area (Å²) in [5.74, 6) is -0.0646. The van der Waals surface area contributed by atoms with Crippen LogP contribution in [0.1, 0.15) is 35.4 Å². The summed E-state index contributed by atoms with van der Waals surface area (Å²) in [4.78, 5) is 15.7. The van der Waals surface area contributed by atoms with E-state index in [-0.39, 0.29) is 5.91 Å². The lowest BCUT2D eigenvalue weighted by Gasteiger charge is -2.32. The van der Waals surface area contributed by atoms with Crippen LogP contribution >= 0.6 is 22.9 Å². The monoisotopic (exact) mass is 390 g/mol. The number of halogens is 1. The molecule has 1 aromatic carbocycles. The van der Waals surface area contributed by atoms with Crippen molar-refractivity contribution in [3.63, 3.8) is 0 Å². The number of benzene rings is 1. The molecule has 5 nitrogen and oxygen atoms in total. The summed E-state index contributed by atoms with van der Waals surface area (Å²) in [7, 11) is 0. The third-order valence-electron chi connectivity index (χ3n) is 4.64. The van der Waals surface area contributed by atoms with Crippen LogP contribution in [-0.4, -0.2) is 29.1 Å². The van der Waals surface area contributed by atoms with E-state index in [2.05, 4.69) is 0 Å². The minimum atomic E-state index is -0.903. The molecular weight excluding hydrogens is 368 g/mol. The Morgan fingerprint density at radius 1 is 1.46 bits per heavy atom. The highest BCUT2D eigenvalue weighted by molar-refractivity contribution is 7.20. The fraction of sp³-hybridized carbons (Fsp3) is 0.368. The molecule has 1 aromatic heterocycles. The first-order valence-electron chi connectivity index (χ1n) is 8.43. The predicted octanol–water partition coefficient (Wildman–Crippen LogP) is 3.43. The summed E-state index contributed by atoms with van der Waals surface area (Å²) in [5, 5.41) is 9.04. The molecule has 138 valence electrons. The molecule has 26 heavy (non-hydrogen) atoms. The number of nitrogens with zero attached hydrogens (tertiary/aromatic N) is 1. The zero-order valence-electron chi connectivity index (χ0n) is 15.1. The molecule has 1 amide bonds. The van der Waals surface area contributed by atoms with E-state index in [1.807, 2.05) is 17.9 Å². The molecular formula is C19H23ClN4OS. The maximum atomic E-state index is 12.6. The minimum Gasteiger partial charge on any atom is -0.398 e. The summed E-state index contributed by atoms with van der Waals surface area (Å²) in [5.41, 5.74) is 14.8. The minimum absolute atomic E-state index is 0.0646. The summed E-state index contributed by atoms with van der Waals surface area (Å²) in [6.45, 7) is 6.56. The Balaban J connectivity index is 2.20. The van der Waals surface area contributed by atoms with Crippen LogP contribution in [0.3, 0.4) is 0 Å². The molecule has 0 saturated heterocycles. The van der Waals surface area contributed by atoms with E-state index >= 15 is 0 Å².